The maximum Gasteiger partial charge on any atom is 0.0157 e. The maximum absolute atomic E-state index is 2.53. The Balaban J connectivity index is 1.86. The summed E-state index contributed by atoms with van der Waals surface area (Å²) in [5.74, 6) is 1.54. The van der Waals surface area contributed by atoms with E-state index in [2.05, 4.69) is 51.1 Å². The molecule has 0 saturated heterocycles. The van der Waals surface area contributed by atoms with Crippen LogP contribution in [-0.4, -0.2) is 0 Å². The van der Waals surface area contributed by atoms with E-state index in [1.165, 1.54) is 33.8 Å². The molecule has 1 atom stereocenters. The number of aryl methyl sites for hydroxylation is 1. The van der Waals surface area contributed by atoms with Crippen LogP contribution >= 0.6 is 11.8 Å². The largest absolute Gasteiger partial charge is 0.0898 e. The molecule has 19 heavy (non-hydrogen) atoms. The first-order valence-corrected chi connectivity index (χ1v) is 8.12. The zero-order valence-electron chi connectivity index (χ0n) is 12.1. The summed E-state index contributed by atoms with van der Waals surface area (Å²) < 4.78 is 0. The molecular formula is C18H22S. The Labute approximate surface area is 121 Å². The minimum Gasteiger partial charge on any atom is -0.0898 e. The number of allylic oxidation sites excluding steroid dienone is 3. The van der Waals surface area contributed by atoms with Crippen molar-refractivity contribution in [3.8, 4) is 0 Å². The molecule has 0 bridgehead atoms. The molecule has 0 aromatic heterocycles. The highest BCUT2D eigenvalue weighted by molar-refractivity contribution is 8.03. The molecule has 0 spiro atoms. The van der Waals surface area contributed by atoms with Crippen LogP contribution in [0.25, 0.3) is 0 Å². The number of thioether (sulfide) groups is 1. The monoisotopic (exact) mass is 270 g/mol. The van der Waals surface area contributed by atoms with Crippen molar-refractivity contribution in [1.82, 2.24) is 0 Å². The van der Waals surface area contributed by atoms with Crippen molar-refractivity contribution in [2.75, 3.05) is 0 Å². The van der Waals surface area contributed by atoms with E-state index in [0.717, 1.165) is 18.3 Å². The molecule has 2 aliphatic rings. The summed E-state index contributed by atoms with van der Waals surface area (Å²) in [5, 5.41) is 0. The van der Waals surface area contributed by atoms with Crippen molar-refractivity contribution in [1.29, 1.82) is 0 Å². The Morgan fingerprint density at radius 3 is 2.95 bits per heavy atom. The van der Waals surface area contributed by atoms with Gasteiger partial charge in [0.2, 0.25) is 0 Å². The molecule has 1 heterocycles. The van der Waals surface area contributed by atoms with Crippen molar-refractivity contribution in [2.45, 2.75) is 44.9 Å². The Hall–Kier alpha value is -0.950. The van der Waals surface area contributed by atoms with Gasteiger partial charge in [0, 0.05) is 9.80 Å². The molecule has 1 aliphatic heterocycles. The lowest BCUT2D eigenvalue weighted by Crippen LogP contribution is -2.10. The van der Waals surface area contributed by atoms with Gasteiger partial charge in [-0.3, -0.25) is 0 Å². The maximum atomic E-state index is 2.53. The van der Waals surface area contributed by atoms with Crippen LogP contribution in [0.1, 0.15) is 37.8 Å². The van der Waals surface area contributed by atoms with E-state index in [1.54, 1.807) is 5.57 Å². The Kier molecular flexibility index (Phi) is 3.58. The van der Waals surface area contributed by atoms with Gasteiger partial charge in [0.25, 0.3) is 0 Å². The van der Waals surface area contributed by atoms with Gasteiger partial charge in [-0.05, 0) is 55.2 Å². The third-order valence-corrected chi connectivity index (χ3v) is 5.20. The van der Waals surface area contributed by atoms with Crippen molar-refractivity contribution < 1.29 is 0 Å². The number of benzene rings is 1. The van der Waals surface area contributed by atoms with Crippen molar-refractivity contribution in [2.24, 2.45) is 11.8 Å². The van der Waals surface area contributed by atoms with Crippen molar-refractivity contribution in [3.63, 3.8) is 0 Å². The molecule has 0 radical (unpaired) electrons. The highest BCUT2D eigenvalue weighted by Gasteiger charge is 2.23. The quantitative estimate of drug-likeness (QED) is 0.682. The average molecular weight is 270 g/mol. The molecule has 0 saturated carbocycles. The molecule has 1 aromatic carbocycles. The van der Waals surface area contributed by atoms with E-state index in [0.29, 0.717) is 0 Å². The first kappa shape index (κ1) is 13.1. The van der Waals surface area contributed by atoms with Gasteiger partial charge in [-0.15, -0.1) is 0 Å². The fourth-order valence-corrected chi connectivity index (χ4v) is 4.26. The second kappa shape index (κ2) is 5.20. The van der Waals surface area contributed by atoms with Crippen LogP contribution in [-0.2, 0) is 6.42 Å². The Morgan fingerprint density at radius 2 is 2.16 bits per heavy atom. The molecule has 3 rings (SSSR count). The topological polar surface area (TPSA) is 0 Å². The van der Waals surface area contributed by atoms with Gasteiger partial charge in [-0.2, -0.15) is 0 Å². The van der Waals surface area contributed by atoms with Gasteiger partial charge in [0.1, 0.15) is 0 Å². The zero-order chi connectivity index (χ0) is 13.4. The average Bonchev–Trinajstić information content (AvgIpc) is 2.35. The second-order valence-electron chi connectivity index (χ2n) is 6.28. The predicted octanol–water partition coefficient (Wildman–Crippen LogP) is 5.52. The molecule has 1 aliphatic carbocycles. The van der Waals surface area contributed by atoms with Crippen LogP contribution < -0.4 is 0 Å². The second-order valence-corrected chi connectivity index (χ2v) is 7.36. The SMILES string of the molecule is Cc1ccc2c(c1)CC1=CCC(CC(C)C)C=C1S2. The van der Waals surface area contributed by atoms with Gasteiger partial charge in [0.05, 0.1) is 0 Å². The lowest BCUT2D eigenvalue weighted by molar-refractivity contribution is 0.474. The van der Waals surface area contributed by atoms with Gasteiger partial charge in [-0.25, -0.2) is 0 Å². The highest BCUT2D eigenvalue weighted by Crippen LogP contribution is 2.44. The fraction of sp³-hybridized carbons (Fsp3) is 0.444. The van der Waals surface area contributed by atoms with Gasteiger partial charge in [-0.1, -0.05) is 55.5 Å². The summed E-state index contributed by atoms with van der Waals surface area (Å²) in [6.07, 6.45) is 8.70. The van der Waals surface area contributed by atoms with Crippen LogP contribution in [0.3, 0.4) is 0 Å². The lowest BCUT2D eigenvalue weighted by Gasteiger charge is -2.27. The summed E-state index contributed by atoms with van der Waals surface area (Å²) in [6.45, 7) is 6.83. The lowest BCUT2D eigenvalue weighted by atomic mass is 9.87. The van der Waals surface area contributed by atoms with Gasteiger partial charge >= 0.3 is 0 Å². The predicted molar refractivity (Wildman–Crippen MR) is 84.5 cm³/mol. The molecule has 1 aromatic rings. The number of fused-ring (bicyclic) bond motifs is 2. The van der Waals surface area contributed by atoms with Crippen molar-refractivity contribution in [3.05, 3.63) is 52.0 Å². The van der Waals surface area contributed by atoms with Gasteiger partial charge < -0.3 is 0 Å². The smallest absolute Gasteiger partial charge is 0.0157 e. The standard InChI is InChI=1S/C18H22S/c1-12(2)8-14-5-6-15-11-16-9-13(3)4-7-17(16)19-18(15)10-14/h4,6-7,9-10,12,14H,5,8,11H2,1-3H3. The molecule has 0 N–H and O–H groups in total. The molecule has 0 fully saturated rings. The fourth-order valence-electron chi connectivity index (χ4n) is 3.08. The van der Waals surface area contributed by atoms with Crippen LogP contribution in [0.15, 0.2) is 45.7 Å². The van der Waals surface area contributed by atoms with Crippen molar-refractivity contribution >= 4 is 11.8 Å². The third kappa shape index (κ3) is 2.81. The third-order valence-electron chi connectivity index (χ3n) is 3.96. The van der Waals surface area contributed by atoms with Crippen LogP contribution in [0.5, 0.6) is 0 Å². The summed E-state index contributed by atoms with van der Waals surface area (Å²) in [5.41, 5.74) is 4.44. The van der Waals surface area contributed by atoms with E-state index in [4.69, 9.17) is 0 Å². The summed E-state index contributed by atoms with van der Waals surface area (Å²) in [4.78, 5) is 2.98. The van der Waals surface area contributed by atoms with E-state index in [-0.39, 0.29) is 0 Å². The van der Waals surface area contributed by atoms with Crippen LogP contribution in [0.2, 0.25) is 0 Å². The number of rotatable bonds is 2. The summed E-state index contributed by atoms with van der Waals surface area (Å²) in [6, 6.07) is 6.87. The van der Waals surface area contributed by atoms with E-state index in [1.807, 2.05) is 11.8 Å². The first-order valence-electron chi connectivity index (χ1n) is 7.30. The van der Waals surface area contributed by atoms with E-state index < -0.39 is 0 Å². The molecule has 0 nitrogen and oxygen atoms in total. The molecule has 1 unspecified atom stereocenters. The molecule has 0 amide bonds. The minimum atomic E-state index is 0.748. The first-order chi connectivity index (χ1) is 9.11. The highest BCUT2D eigenvalue weighted by atomic mass is 32.2. The Bertz CT molecular complexity index is 549. The zero-order valence-corrected chi connectivity index (χ0v) is 12.9. The van der Waals surface area contributed by atoms with E-state index >= 15 is 0 Å². The number of hydrogen-bond acceptors (Lipinski definition) is 1. The minimum absolute atomic E-state index is 0.748. The number of hydrogen-bond donors (Lipinski definition) is 0. The summed E-state index contributed by atoms with van der Waals surface area (Å²) in [7, 11) is 0. The normalized spacial score (nSPS) is 21.6. The Morgan fingerprint density at radius 1 is 1.32 bits per heavy atom. The van der Waals surface area contributed by atoms with Crippen LogP contribution in [0, 0.1) is 18.8 Å². The molecule has 1 heteroatoms. The molecular weight excluding hydrogens is 248 g/mol. The molecule has 100 valence electrons. The van der Waals surface area contributed by atoms with Gasteiger partial charge in [0.15, 0.2) is 0 Å². The van der Waals surface area contributed by atoms with Crippen LogP contribution in [0.4, 0.5) is 0 Å². The van der Waals surface area contributed by atoms with E-state index in [9.17, 15) is 0 Å². The summed E-state index contributed by atoms with van der Waals surface area (Å²) >= 11 is 1.97.